The fourth-order valence-corrected chi connectivity index (χ4v) is 1.56. The molecule has 0 amide bonds. The van der Waals surface area contributed by atoms with E-state index in [0.717, 1.165) is 5.56 Å². The molecule has 0 saturated heterocycles. The van der Waals surface area contributed by atoms with Crippen molar-refractivity contribution in [2.75, 3.05) is 6.61 Å². The lowest BCUT2D eigenvalue weighted by Gasteiger charge is -2.08. The molecule has 0 bridgehead atoms. The summed E-state index contributed by atoms with van der Waals surface area (Å²) in [6.45, 7) is 3.33. The van der Waals surface area contributed by atoms with E-state index in [2.05, 4.69) is 0 Å². The molecule has 92 valence electrons. The molecule has 1 N–H and O–H groups in total. The Hall–Kier alpha value is -1.68. The van der Waals surface area contributed by atoms with Crippen LogP contribution in [0.25, 0.3) is 0 Å². The van der Waals surface area contributed by atoms with Crippen LogP contribution >= 0.6 is 0 Å². The Morgan fingerprint density at radius 1 is 1.29 bits per heavy atom. The van der Waals surface area contributed by atoms with E-state index in [-0.39, 0.29) is 18.8 Å². The zero-order valence-corrected chi connectivity index (χ0v) is 10.0. The Kier molecular flexibility index (Phi) is 4.84. The van der Waals surface area contributed by atoms with Crippen LogP contribution in [0.3, 0.4) is 0 Å². The van der Waals surface area contributed by atoms with Gasteiger partial charge in [-0.25, -0.2) is 4.79 Å². The normalized spacial score (nSPS) is 10.1. The van der Waals surface area contributed by atoms with Crippen molar-refractivity contribution in [3.8, 4) is 0 Å². The summed E-state index contributed by atoms with van der Waals surface area (Å²) in [5.41, 5.74) is 1.72. The number of hydrogen-bond donors (Lipinski definition) is 1. The number of aliphatic hydroxyl groups is 1. The first-order chi connectivity index (χ1) is 8.08. The van der Waals surface area contributed by atoms with Crippen LogP contribution in [0.1, 0.15) is 35.3 Å². The molecule has 0 atom stereocenters. The molecular weight excluding hydrogens is 220 g/mol. The van der Waals surface area contributed by atoms with Gasteiger partial charge in [-0.15, -0.1) is 0 Å². The molecule has 1 rings (SSSR count). The van der Waals surface area contributed by atoms with Crippen molar-refractivity contribution in [2.45, 2.75) is 26.9 Å². The van der Waals surface area contributed by atoms with Crippen LogP contribution in [0.15, 0.2) is 18.2 Å². The van der Waals surface area contributed by atoms with Crippen LogP contribution < -0.4 is 0 Å². The van der Waals surface area contributed by atoms with Gasteiger partial charge in [0.25, 0.3) is 0 Å². The SMILES string of the molecule is CCOC(=O)c1ccc(CC(C)=O)c(CO)c1. The first-order valence-electron chi connectivity index (χ1n) is 5.47. The number of Topliss-reactive ketones (excluding diaryl/α,β-unsaturated/α-hetero) is 1. The minimum Gasteiger partial charge on any atom is -0.462 e. The van der Waals surface area contributed by atoms with E-state index in [0.29, 0.717) is 17.7 Å². The smallest absolute Gasteiger partial charge is 0.338 e. The number of carbonyl (C=O) groups is 2. The fourth-order valence-electron chi connectivity index (χ4n) is 1.56. The molecule has 0 heterocycles. The zero-order chi connectivity index (χ0) is 12.8. The van der Waals surface area contributed by atoms with Crippen LogP contribution in [-0.2, 0) is 22.6 Å². The van der Waals surface area contributed by atoms with E-state index in [9.17, 15) is 14.7 Å². The van der Waals surface area contributed by atoms with E-state index in [1.54, 1.807) is 25.1 Å². The maximum atomic E-state index is 11.5. The molecule has 0 aliphatic heterocycles. The third-order valence-corrected chi connectivity index (χ3v) is 2.33. The van der Waals surface area contributed by atoms with Gasteiger partial charge in [0.2, 0.25) is 0 Å². The number of hydrogen-bond acceptors (Lipinski definition) is 4. The summed E-state index contributed by atoms with van der Waals surface area (Å²) in [6.07, 6.45) is 0.263. The first-order valence-corrected chi connectivity index (χ1v) is 5.47. The van der Waals surface area contributed by atoms with Crippen molar-refractivity contribution < 1.29 is 19.4 Å². The van der Waals surface area contributed by atoms with Gasteiger partial charge in [-0.1, -0.05) is 6.07 Å². The van der Waals surface area contributed by atoms with Gasteiger partial charge in [0, 0.05) is 6.42 Å². The van der Waals surface area contributed by atoms with Gasteiger partial charge in [0.05, 0.1) is 18.8 Å². The number of esters is 1. The van der Waals surface area contributed by atoms with Crippen LogP contribution in [0.5, 0.6) is 0 Å². The second kappa shape index (κ2) is 6.15. The lowest BCUT2D eigenvalue weighted by Crippen LogP contribution is -2.07. The Labute approximate surface area is 100 Å². The van der Waals surface area contributed by atoms with Gasteiger partial charge in [-0.2, -0.15) is 0 Å². The Morgan fingerprint density at radius 2 is 2.00 bits per heavy atom. The van der Waals surface area contributed by atoms with E-state index in [1.165, 1.54) is 6.92 Å². The number of benzene rings is 1. The molecule has 4 nitrogen and oxygen atoms in total. The van der Waals surface area contributed by atoms with Crippen LogP contribution in [0, 0.1) is 0 Å². The van der Waals surface area contributed by atoms with Crippen LogP contribution in [0.2, 0.25) is 0 Å². The molecular formula is C13H16O4. The van der Waals surface area contributed by atoms with E-state index in [1.807, 2.05) is 0 Å². The van der Waals surface area contributed by atoms with Gasteiger partial charge in [-0.3, -0.25) is 4.79 Å². The quantitative estimate of drug-likeness (QED) is 0.787. The number of ketones is 1. The molecule has 0 aromatic heterocycles. The van der Waals surface area contributed by atoms with Crippen LogP contribution in [-0.4, -0.2) is 23.5 Å². The lowest BCUT2D eigenvalue weighted by molar-refractivity contribution is -0.116. The summed E-state index contributed by atoms with van der Waals surface area (Å²) >= 11 is 0. The molecule has 0 unspecified atom stereocenters. The highest BCUT2D eigenvalue weighted by Gasteiger charge is 2.10. The Morgan fingerprint density at radius 3 is 2.53 bits per heavy atom. The summed E-state index contributed by atoms with van der Waals surface area (Å²) in [5, 5.41) is 9.20. The highest BCUT2D eigenvalue weighted by atomic mass is 16.5. The standard InChI is InChI=1S/C13H16O4/c1-3-17-13(16)11-5-4-10(6-9(2)15)12(7-11)8-14/h4-5,7,14H,3,6,8H2,1-2H3. The average molecular weight is 236 g/mol. The first kappa shape index (κ1) is 13.4. The van der Waals surface area contributed by atoms with E-state index < -0.39 is 5.97 Å². The summed E-state index contributed by atoms with van der Waals surface area (Å²) in [6, 6.07) is 4.85. The van der Waals surface area contributed by atoms with Gasteiger partial charge in [0.15, 0.2) is 0 Å². The van der Waals surface area contributed by atoms with Crippen molar-refractivity contribution >= 4 is 11.8 Å². The molecule has 0 saturated carbocycles. The molecule has 0 aliphatic rings. The lowest BCUT2D eigenvalue weighted by atomic mass is 10.0. The van der Waals surface area contributed by atoms with Crippen molar-refractivity contribution in [1.29, 1.82) is 0 Å². The van der Waals surface area contributed by atoms with Crippen molar-refractivity contribution in [3.05, 3.63) is 34.9 Å². The van der Waals surface area contributed by atoms with Gasteiger partial charge < -0.3 is 9.84 Å². The average Bonchev–Trinajstić information content (AvgIpc) is 2.29. The highest BCUT2D eigenvalue weighted by Crippen LogP contribution is 2.14. The van der Waals surface area contributed by atoms with Gasteiger partial charge >= 0.3 is 5.97 Å². The molecule has 17 heavy (non-hydrogen) atoms. The topological polar surface area (TPSA) is 63.6 Å². The van der Waals surface area contributed by atoms with E-state index in [4.69, 9.17) is 4.74 Å². The fraction of sp³-hybridized carbons (Fsp3) is 0.385. The minimum absolute atomic E-state index is 0.0172. The summed E-state index contributed by atoms with van der Waals surface area (Å²) in [7, 11) is 0. The molecule has 0 radical (unpaired) electrons. The predicted molar refractivity (Wildman–Crippen MR) is 62.7 cm³/mol. The third-order valence-electron chi connectivity index (χ3n) is 2.33. The molecule has 0 spiro atoms. The number of carbonyl (C=O) groups excluding carboxylic acids is 2. The summed E-state index contributed by atoms with van der Waals surface area (Å²) in [4.78, 5) is 22.5. The minimum atomic E-state index is -0.420. The summed E-state index contributed by atoms with van der Waals surface area (Å²) < 4.78 is 4.86. The van der Waals surface area contributed by atoms with Crippen molar-refractivity contribution in [3.63, 3.8) is 0 Å². The van der Waals surface area contributed by atoms with Gasteiger partial charge in [-0.05, 0) is 37.1 Å². The maximum Gasteiger partial charge on any atom is 0.338 e. The molecule has 1 aromatic rings. The monoisotopic (exact) mass is 236 g/mol. The number of ether oxygens (including phenoxy) is 1. The third kappa shape index (κ3) is 3.67. The summed E-state index contributed by atoms with van der Waals surface area (Å²) in [5.74, 6) is -0.403. The molecule has 0 fully saturated rings. The largest absolute Gasteiger partial charge is 0.462 e. The predicted octanol–water partition coefficient (Wildman–Crippen LogP) is 1.49. The van der Waals surface area contributed by atoms with Crippen molar-refractivity contribution in [2.24, 2.45) is 0 Å². The number of rotatable bonds is 5. The second-order valence-corrected chi connectivity index (χ2v) is 3.74. The molecule has 4 heteroatoms. The van der Waals surface area contributed by atoms with E-state index >= 15 is 0 Å². The second-order valence-electron chi connectivity index (χ2n) is 3.74. The van der Waals surface area contributed by atoms with Gasteiger partial charge in [0.1, 0.15) is 5.78 Å². The van der Waals surface area contributed by atoms with Crippen molar-refractivity contribution in [1.82, 2.24) is 0 Å². The van der Waals surface area contributed by atoms with Crippen LogP contribution in [0.4, 0.5) is 0 Å². The Balaban J connectivity index is 2.99. The molecule has 1 aromatic carbocycles. The highest BCUT2D eigenvalue weighted by molar-refractivity contribution is 5.90. The maximum absolute atomic E-state index is 11.5. The number of aliphatic hydroxyl groups excluding tert-OH is 1. The molecule has 0 aliphatic carbocycles. The zero-order valence-electron chi connectivity index (χ0n) is 10.0. The Bertz CT molecular complexity index is 423.